The number of hydrogen-bond donors (Lipinski definition) is 2. The number of furan rings is 1. The van der Waals surface area contributed by atoms with Crippen molar-refractivity contribution in [1.82, 2.24) is 10.3 Å². The molecule has 0 bridgehead atoms. The third-order valence-corrected chi connectivity index (χ3v) is 5.40. The number of anilines is 1. The molecule has 6 heteroatoms. The minimum atomic E-state index is -0.974. The maximum atomic E-state index is 10.6. The maximum absolute atomic E-state index is 10.6. The van der Waals surface area contributed by atoms with Crippen LogP contribution in [0, 0.1) is 13.8 Å². The van der Waals surface area contributed by atoms with Crippen molar-refractivity contribution >= 4 is 16.5 Å². The molecule has 0 radical (unpaired) electrons. The lowest BCUT2D eigenvalue weighted by molar-refractivity contribution is 0.0300. The van der Waals surface area contributed by atoms with Crippen LogP contribution in [0.15, 0.2) is 21.9 Å². The van der Waals surface area contributed by atoms with Gasteiger partial charge in [0.05, 0.1) is 5.69 Å². The zero-order valence-electron chi connectivity index (χ0n) is 14.0. The summed E-state index contributed by atoms with van der Waals surface area (Å²) in [5.74, 6) is 1.45. The average molecular weight is 335 g/mol. The first-order valence-electron chi connectivity index (χ1n) is 8.14. The van der Waals surface area contributed by atoms with E-state index in [9.17, 15) is 5.11 Å². The highest BCUT2D eigenvalue weighted by Crippen LogP contribution is 2.25. The van der Waals surface area contributed by atoms with E-state index in [1.54, 1.807) is 18.3 Å². The summed E-state index contributed by atoms with van der Waals surface area (Å²) in [5, 5.41) is 17.3. The van der Waals surface area contributed by atoms with E-state index < -0.39 is 5.60 Å². The fourth-order valence-corrected chi connectivity index (χ4v) is 3.77. The minimum absolute atomic E-state index is 0.426. The topological polar surface area (TPSA) is 61.5 Å². The first kappa shape index (κ1) is 16.5. The first-order chi connectivity index (χ1) is 10.9. The highest BCUT2D eigenvalue weighted by Gasteiger charge is 2.29. The number of nitrogens with zero attached hydrogens (tertiary/aromatic N) is 2. The molecule has 1 atom stereocenters. The fourth-order valence-electron chi connectivity index (χ4n) is 2.92. The van der Waals surface area contributed by atoms with Gasteiger partial charge in [0.1, 0.15) is 17.1 Å². The van der Waals surface area contributed by atoms with Gasteiger partial charge in [0.25, 0.3) is 0 Å². The Kier molecular flexibility index (Phi) is 4.75. The first-order valence-corrected chi connectivity index (χ1v) is 9.02. The Morgan fingerprint density at radius 3 is 2.70 bits per heavy atom. The Hall–Kier alpha value is -1.37. The molecular weight excluding hydrogens is 310 g/mol. The highest BCUT2D eigenvalue weighted by molar-refractivity contribution is 7.13. The molecule has 0 aliphatic carbocycles. The second kappa shape index (κ2) is 6.63. The molecule has 2 N–H and O–H groups in total. The van der Waals surface area contributed by atoms with Gasteiger partial charge in [-0.2, -0.15) is 0 Å². The van der Waals surface area contributed by atoms with Crippen LogP contribution in [0.3, 0.4) is 0 Å². The van der Waals surface area contributed by atoms with Crippen molar-refractivity contribution in [1.29, 1.82) is 0 Å². The van der Waals surface area contributed by atoms with Gasteiger partial charge in [-0.05, 0) is 45.7 Å². The second-order valence-corrected chi connectivity index (χ2v) is 7.43. The normalized spacial score (nSPS) is 19.0. The predicted molar refractivity (Wildman–Crippen MR) is 93.1 cm³/mol. The van der Waals surface area contributed by atoms with Gasteiger partial charge in [-0.3, -0.25) is 0 Å². The monoisotopic (exact) mass is 335 g/mol. The van der Waals surface area contributed by atoms with Crippen molar-refractivity contribution < 1.29 is 9.52 Å². The summed E-state index contributed by atoms with van der Waals surface area (Å²) in [5.41, 5.74) is 0.118. The number of aromatic nitrogens is 1. The van der Waals surface area contributed by atoms with Crippen LogP contribution in [0.5, 0.6) is 0 Å². The smallest absolute Gasteiger partial charge is 0.185 e. The van der Waals surface area contributed by atoms with Crippen LogP contribution < -0.4 is 10.2 Å². The SMILES string of the molecule is Cc1csc(N2CCC(NC[C@](C)(O)c3ccc(C)o3)CC2)n1. The molecule has 0 unspecified atom stereocenters. The molecule has 0 aromatic carbocycles. The predicted octanol–water partition coefficient (Wildman–Crippen LogP) is 2.82. The molecule has 3 rings (SSSR count). The summed E-state index contributed by atoms with van der Waals surface area (Å²) in [7, 11) is 0. The molecule has 1 aliphatic rings. The van der Waals surface area contributed by atoms with E-state index in [-0.39, 0.29) is 0 Å². The summed E-state index contributed by atoms with van der Waals surface area (Å²) in [6, 6.07) is 4.16. The van der Waals surface area contributed by atoms with E-state index in [1.165, 1.54) is 0 Å². The van der Waals surface area contributed by atoms with E-state index in [2.05, 4.69) is 20.6 Å². The van der Waals surface area contributed by atoms with Crippen molar-refractivity contribution in [3.63, 3.8) is 0 Å². The van der Waals surface area contributed by atoms with Crippen molar-refractivity contribution in [3.8, 4) is 0 Å². The van der Waals surface area contributed by atoms with E-state index in [1.807, 2.05) is 26.0 Å². The van der Waals surface area contributed by atoms with Gasteiger partial charge in [-0.1, -0.05) is 0 Å². The Balaban J connectivity index is 1.49. The minimum Gasteiger partial charge on any atom is -0.463 e. The standard InChI is InChI=1S/C17H25N3O2S/c1-12-10-23-16(19-12)20-8-6-14(7-9-20)18-11-17(3,21)15-5-4-13(2)22-15/h4-5,10,14,18,21H,6-9,11H2,1-3H3/t17-/m0/s1. The largest absolute Gasteiger partial charge is 0.463 e. The summed E-state index contributed by atoms with van der Waals surface area (Å²) < 4.78 is 5.56. The van der Waals surface area contributed by atoms with Crippen LogP contribution in [0.2, 0.25) is 0 Å². The van der Waals surface area contributed by atoms with Crippen LogP contribution in [0.25, 0.3) is 0 Å². The molecule has 0 saturated carbocycles. The third-order valence-electron chi connectivity index (χ3n) is 4.38. The highest BCUT2D eigenvalue weighted by atomic mass is 32.1. The van der Waals surface area contributed by atoms with Gasteiger partial charge in [0, 0.05) is 31.1 Å². The lowest BCUT2D eigenvalue weighted by Gasteiger charge is -2.33. The molecule has 0 amide bonds. The number of rotatable bonds is 5. The zero-order chi connectivity index (χ0) is 16.4. The molecule has 1 saturated heterocycles. The van der Waals surface area contributed by atoms with Crippen molar-refractivity contribution in [2.45, 2.75) is 45.3 Å². The van der Waals surface area contributed by atoms with Crippen molar-refractivity contribution in [2.24, 2.45) is 0 Å². The summed E-state index contributed by atoms with van der Waals surface area (Å²) in [6.07, 6.45) is 2.12. The molecule has 5 nitrogen and oxygen atoms in total. The summed E-state index contributed by atoms with van der Waals surface area (Å²) >= 11 is 1.72. The van der Waals surface area contributed by atoms with Crippen LogP contribution in [0.1, 0.15) is 37.0 Å². The Morgan fingerprint density at radius 2 is 2.13 bits per heavy atom. The number of aliphatic hydroxyl groups is 1. The second-order valence-electron chi connectivity index (χ2n) is 6.60. The molecule has 1 fully saturated rings. The van der Waals surface area contributed by atoms with E-state index in [0.29, 0.717) is 18.3 Å². The molecule has 0 spiro atoms. The zero-order valence-corrected chi connectivity index (χ0v) is 14.8. The van der Waals surface area contributed by atoms with Gasteiger partial charge in [0.15, 0.2) is 5.13 Å². The molecule has 126 valence electrons. The van der Waals surface area contributed by atoms with Gasteiger partial charge < -0.3 is 19.7 Å². The number of aryl methyl sites for hydroxylation is 2. The van der Waals surface area contributed by atoms with Gasteiger partial charge in [-0.25, -0.2) is 4.98 Å². The van der Waals surface area contributed by atoms with Crippen LogP contribution in [-0.4, -0.2) is 35.8 Å². The lowest BCUT2D eigenvalue weighted by Crippen LogP contribution is -2.46. The number of hydrogen-bond acceptors (Lipinski definition) is 6. The third kappa shape index (κ3) is 3.94. The summed E-state index contributed by atoms with van der Waals surface area (Å²) in [6.45, 7) is 8.24. The average Bonchev–Trinajstić information content (AvgIpc) is 3.15. The fraction of sp³-hybridized carbons (Fsp3) is 0.588. The van der Waals surface area contributed by atoms with E-state index >= 15 is 0 Å². The molecular formula is C17H25N3O2S. The quantitative estimate of drug-likeness (QED) is 0.880. The van der Waals surface area contributed by atoms with Crippen LogP contribution in [0.4, 0.5) is 5.13 Å². The van der Waals surface area contributed by atoms with Gasteiger partial charge >= 0.3 is 0 Å². The van der Waals surface area contributed by atoms with Crippen molar-refractivity contribution in [2.75, 3.05) is 24.5 Å². The maximum Gasteiger partial charge on any atom is 0.185 e. The Morgan fingerprint density at radius 1 is 1.39 bits per heavy atom. The molecule has 2 aromatic rings. The number of nitrogens with one attached hydrogen (secondary N) is 1. The molecule has 3 heterocycles. The van der Waals surface area contributed by atoms with Gasteiger partial charge in [-0.15, -0.1) is 11.3 Å². The number of piperidine rings is 1. The Bertz CT molecular complexity index is 642. The van der Waals surface area contributed by atoms with Crippen LogP contribution >= 0.6 is 11.3 Å². The Labute approximate surface area is 141 Å². The lowest BCUT2D eigenvalue weighted by atomic mass is 10.0. The molecule has 2 aromatic heterocycles. The van der Waals surface area contributed by atoms with Crippen molar-refractivity contribution in [3.05, 3.63) is 34.7 Å². The van der Waals surface area contributed by atoms with E-state index in [0.717, 1.165) is 42.5 Å². The molecule has 23 heavy (non-hydrogen) atoms. The number of thiazole rings is 1. The van der Waals surface area contributed by atoms with Crippen LogP contribution in [-0.2, 0) is 5.60 Å². The molecule has 1 aliphatic heterocycles. The van der Waals surface area contributed by atoms with E-state index in [4.69, 9.17) is 4.42 Å². The summed E-state index contributed by atoms with van der Waals surface area (Å²) in [4.78, 5) is 6.91. The van der Waals surface area contributed by atoms with Gasteiger partial charge in [0.2, 0.25) is 0 Å².